The van der Waals surface area contributed by atoms with Gasteiger partial charge in [0.25, 0.3) is 0 Å². The van der Waals surface area contributed by atoms with Crippen molar-refractivity contribution in [2.75, 3.05) is 45.8 Å². The summed E-state index contributed by atoms with van der Waals surface area (Å²) in [4.78, 5) is 17.3. The number of nitrogens with zero attached hydrogens (tertiary/aromatic N) is 2. The molecule has 0 aromatic carbocycles. The van der Waals surface area contributed by atoms with E-state index in [4.69, 9.17) is 0 Å². The van der Waals surface area contributed by atoms with E-state index < -0.39 is 5.54 Å². The van der Waals surface area contributed by atoms with Crippen molar-refractivity contribution in [1.82, 2.24) is 20.4 Å². The summed E-state index contributed by atoms with van der Waals surface area (Å²) < 4.78 is 0. The van der Waals surface area contributed by atoms with Crippen molar-refractivity contribution in [1.29, 1.82) is 0 Å². The highest BCUT2D eigenvalue weighted by Gasteiger charge is 2.35. The van der Waals surface area contributed by atoms with Gasteiger partial charge in [-0.25, -0.2) is 0 Å². The molecule has 0 aromatic rings. The molecule has 0 spiro atoms. The predicted molar refractivity (Wildman–Crippen MR) is 86.4 cm³/mol. The lowest BCUT2D eigenvalue weighted by atomic mass is 10.00. The van der Waals surface area contributed by atoms with Crippen molar-refractivity contribution in [2.24, 2.45) is 0 Å². The van der Waals surface area contributed by atoms with Crippen molar-refractivity contribution in [3.63, 3.8) is 0 Å². The number of hydrogen-bond acceptors (Lipinski definition) is 4. The van der Waals surface area contributed by atoms with Gasteiger partial charge in [-0.3, -0.25) is 14.6 Å². The van der Waals surface area contributed by atoms with E-state index in [0.717, 1.165) is 32.7 Å². The molecule has 2 aliphatic rings. The summed E-state index contributed by atoms with van der Waals surface area (Å²) in [6, 6.07) is 0.438. The van der Waals surface area contributed by atoms with Gasteiger partial charge >= 0.3 is 0 Å². The van der Waals surface area contributed by atoms with Crippen LogP contribution in [-0.4, -0.2) is 73.1 Å². The SMILES string of the molecule is CC(CNC(=O)C(C)(C)N1CCNCC1)N1CCCCC1. The van der Waals surface area contributed by atoms with Crippen LogP contribution in [0.3, 0.4) is 0 Å². The second-order valence-electron chi connectivity index (χ2n) is 6.95. The highest BCUT2D eigenvalue weighted by atomic mass is 16.2. The van der Waals surface area contributed by atoms with E-state index in [1.807, 2.05) is 13.8 Å². The monoisotopic (exact) mass is 296 g/mol. The molecule has 0 aliphatic carbocycles. The average Bonchev–Trinajstić information content (AvgIpc) is 2.53. The second-order valence-corrected chi connectivity index (χ2v) is 6.95. The molecule has 2 N–H and O–H groups in total. The van der Waals surface area contributed by atoms with Crippen molar-refractivity contribution in [3.05, 3.63) is 0 Å². The van der Waals surface area contributed by atoms with Crippen molar-refractivity contribution in [2.45, 2.75) is 51.6 Å². The van der Waals surface area contributed by atoms with Gasteiger partial charge in [-0.1, -0.05) is 6.42 Å². The summed E-state index contributed by atoms with van der Waals surface area (Å²) in [5, 5.41) is 6.51. The molecule has 2 fully saturated rings. The number of carbonyl (C=O) groups is 1. The van der Waals surface area contributed by atoms with Crippen LogP contribution < -0.4 is 10.6 Å². The number of piperidine rings is 1. The van der Waals surface area contributed by atoms with Gasteiger partial charge in [0.2, 0.25) is 5.91 Å². The van der Waals surface area contributed by atoms with E-state index in [2.05, 4.69) is 27.4 Å². The third-order valence-electron chi connectivity index (χ3n) is 5.04. The van der Waals surface area contributed by atoms with E-state index in [1.54, 1.807) is 0 Å². The normalized spacial score (nSPS) is 23.8. The maximum Gasteiger partial charge on any atom is 0.240 e. The average molecular weight is 296 g/mol. The minimum Gasteiger partial charge on any atom is -0.353 e. The summed E-state index contributed by atoms with van der Waals surface area (Å²) in [6.07, 6.45) is 3.95. The minimum absolute atomic E-state index is 0.160. The van der Waals surface area contributed by atoms with Crippen LogP contribution in [0.2, 0.25) is 0 Å². The number of amides is 1. The molecule has 0 bridgehead atoms. The number of likely N-dealkylation sites (tertiary alicyclic amines) is 1. The van der Waals surface area contributed by atoms with Gasteiger partial charge < -0.3 is 10.6 Å². The maximum absolute atomic E-state index is 12.6. The zero-order chi connectivity index (χ0) is 15.3. The summed E-state index contributed by atoms with van der Waals surface area (Å²) in [7, 11) is 0. The fraction of sp³-hybridized carbons (Fsp3) is 0.938. The molecule has 1 unspecified atom stereocenters. The Bertz CT molecular complexity index is 333. The van der Waals surface area contributed by atoms with E-state index in [-0.39, 0.29) is 5.91 Å². The minimum atomic E-state index is -0.413. The number of nitrogens with one attached hydrogen (secondary N) is 2. The Morgan fingerprint density at radius 3 is 2.38 bits per heavy atom. The molecule has 2 saturated heterocycles. The standard InChI is InChI=1S/C16H32N4O/c1-14(19-9-5-4-6-10-19)13-18-15(21)16(2,3)20-11-7-17-8-12-20/h14,17H,4-13H2,1-3H3,(H,18,21). The Balaban J connectivity index is 1.79. The largest absolute Gasteiger partial charge is 0.353 e. The summed E-state index contributed by atoms with van der Waals surface area (Å²) >= 11 is 0. The van der Waals surface area contributed by atoms with Crippen LogP contribution in [0.1, 0.15) is 40.0 Å². The molecule has 1 atom stereocenters. The Labute approximate surface area is 129 Å². The van der Waals surface area contributed by atoms with E-state index in [9.17, 15) is 4.79 Å². The highest BCUT2D eigenvalue weighted by molar-refractivity contribution is 5.85. The molecule has 122 valence electrons. The molecule has 2 heterocycles. The van der Waals surface area contributed by atoms with Gasteiger partial charge in [0.15, 0.2) is 0 Å². The van der Waals surface area contributed by atoms with E-state index in [1.165, 1.54) is 32.4 Å². The van der Waals surface area contributed by atoms with Gasteiger partial charge in [0, 0.05) is 38.8 Å². The Morgan fingerprint density at radius 2 is 1.76 bits per heavy atom. The van der Waals surface area contributed by atoms with Crippen LogP contribution in [-0.2, 0) is 4.79 Å². The summed E-state index contributed by atoms with van der Waals surface area (Å²) in [6.45, 7) is 13.3. The number of rotatable bonds is 5. The zero-order valence-electron chi connectivity index (χ0n) is 14.0. The molecular formula is C16H32N4O. The van der Waals surface area contributed by atoms with Crippen molar-refractivity contribution in [3.8, 4) is 0 Å². The third kappa shape index (κ3) is 4.41. The van der Waals surface area contributed by atoms with Crippen LogP contribution in [0.4, 0.5) is 0 Å². The Kier molecular flexibility index (Phi) is 6.02. The third-order valence-corrected chi connectivity index (χ3v) is 5.04. The first-order valence-corrected chi connectivity index (χ1v) is 8.50. The topological polar surface area (TPSA) is 47.6 Å². The second kappa shape index (κ2) is 7.56. The first kappa shape index (κ1) is 16.7. The van der Waals surface area contributed by atoms with Gasteiger partial charge in [-0.05, 0) is 46.7 Å². The molecule has 0 radical (unpaired) electrons. The fourth-order valence-corrected chi connectivity index (χ4v) is 3.31. The van der Waals surface area contributed by atoms with Gasteiger partial charge in [-0.15, -0.1) is 0 Å². The van der Waals surface area contributed by atoms with Crippen LogP contribution in [0.15, 0.2) is 0 Å². The first-order valence-electron chi connectivity index (χ1n) is 8.50. The highest BCUT2D eigenvalue weighted by Crippen LogP contribution is 2.16. The van der Waals surface area contributed by atoms with Crippen LogP contribution in [0, 0.1) is 0 Å². The van der Waals surface area contributed by atoms with Crippen molar-refractivity contribution < 1.29 is 4.79 Å². The molecule has 0 saturated carbocycles. The molecule has 1 amide bonds. The van der Waals surface area contributed by atoms with Crippen LogP contribution in [0.5, 0.6) is 0 Å². The van der Waals surface area contributed by atoms with Gasteiger partial charge in [0.1, 0.15) is 0 Å². The molecule has 2 aliphatic heterocycles. The summed E-state index contributed by atoms with van der Waals surface area (Å²) in [5.74, 6) is 0.160. The Hall–Kier alpha value is -0.650. The molecule has 21 heavy (non-hydrogen) atoms. The van der Waals surface area contributed by atoms with Crippen LogP contribution in [0.25, 0.3) is 0 Å². The van der Waals surface area contributed by atoms with Crippen molar-refractivity contribution >= 4 is 5.91 Å². The number of hydrogen-bond donors (Lipinski definition) is 2. The molecular weight excluding hydrogens is 264 g/mol. The molecule has 2 rings (SSSR count). The fourth-order valence-electron chi connectivity index (χ4n) is 3.31. The zero-order valence-corrected chi connectivity index (χ0v) is 14.0. The lowest BCUT2D eigenvalue weighted by Gasteiger charge is -2.40. The molecule has 5 nitrogen and oxygen atoms in total. The predicted octanol–water partition coefficient (Wildman–Crippen LogP) is 0.661. The summed E-state index contributed by atoms with van der Waals surface area (Å²) in [5.41, 5.74) is -0.413. The molecule has 0 aromatic heterocycles. The smallest absolute Gasteiger partial charge is 0.240 e. The first-order chi connectivity index (χ1) is 10.0. The van der Waals surface area contributed by atoms with Crippen LogP contribution >= 0.6 is 0 Å². The quantitative estimate of drug-likeness (QED) is 0.782. The van der Waals surface area contributed by atoms with E-state index in [0.29, 0.717) is 6.04 Å². The maximum atomic E-state index is 12.6. The Morgan fingerprint density at radius 1 is 1.14 bits per heavy atom. The number of carbonyl (C=O) groups excluding carboxylic acids is 1. The van der Waals surface area contributed by atoms with Gasteiger partial charge in [-0.2, -0.15) is 0 Å². The molecule has 5 heteroatoms. The lowest BCUT2D eigenvalue weighted by molar-refractivity contribution is -0.132. The van der Waals surface area contributed by atoms with E-state index >= 15 is 0 Å². The van der Waals surface area contributed by atoms with Gasteiger partial charge in [0.05, 0.1) is 5.54 Å². The lowest BCUT2D eigenvalue weighted by Crippen LogP contribution is -2.60. The number of piperazine rings is 1.